The van der Waals surface area contributed by atoms with Gasteiger partial charge in [0.05, 0.1) is 10.0 Å². The molecule has 0 aliphatic carbocycles. The Labute approximate surface area is 190 Å². The molecule has 2 aromatic rings. The first kappa shape index (κ1) is 23.1. The molecule has 1 aliphatic rings. The zero-order chi connectivity index (χ0) is 21.8. The third-order valence-electron chi connectivity index (χ3n) is 6.35. The number of hydrogen-bond donors (Lipinski definition) is 1. The number of nitrogens with two attached hydrogens (primary N) is 1. The number of amides is 1. The van der Waals surface area contributed by atoms with Crippen LogP contribution in [0.25, 0.3) is 0 Å². The van der Waals surface area contributed by atoms with Gasteiger partial charge in [-0.2, -0.15) is 0 Å². The summed E-state index contributed by atoms with van der Waals surface area (Å²) in [7, 11) is 0. The van der Waals surface area contributed by atoms with Gasteiger partial charge in [0.2, 0.25) is 5.91 Å². The second-order valence-corrected chi connectivity index (χ2v) is 9.82. The molecule has 0 radical (unpaired) electrons. The molecular weight excluding hydrogens is 415 g/mol. The number of nitrogens with zero attached hydrogens (tertiary/aromatic N) is 1. The molecule has 0 unspecified atom stereocenters. The van der Waals surface area contributed by atoms with Gasteiger partial charge in [-0.3, -0.25) is 4.79 Å². The Balaban J connectivity index is 1.64. The molecule has 1 amide bonds. The van der Waals surface area contributed by atoms with E-state index >= 15 is 0 Å². The van der Waals surface area contributed by atoms with Crippen LogP contribution >= 0.6 is 23.2 Å². The minimum atomic E-state index is -0.337. The number of benzene rings is 2. The van der Waals surface area contributed by atoms with Crippen LogP contribution in [0.2, 0.25) is 10.0 Å². The second kappa shape index (κ2) is 10.2. The van der Waals surface area contributed by atoms with E-state index < -0.39 is 0 Å². The van der Waals surface area contributed by atoms with Crippen LogP contribution in [-0.2, 0) is 6.42 Å². The third-order valence-corrected chi connectivity index (χ3v) is 7.09. The highest BCUT2D eigenvalue weighted by Gasteiger charge is 2.26. The van der Waals surface area contributed by atoms with E-state index in [0.717, 1.165) is 31.6 Å². The fraction of sp³-hybridized carbons (Fsp3) is 0.480. The number of piperidine rings is 1. The zero-order valence-corrected chi connectivity index (χ0v) is 19.6. The maximum Gasteiger partial charge on any atom is 0.248 e. The monoisotopic (exact) mass is 446 g/mol. The molecule has 0 aromatic heterocycles. The number of hydrogen-bond acceptors (Lipinski definition) is 2. The minimum absolute atomic E-state index is 0.291. The van der Waals surface area contributed by atoms with Crippen molar-refractivity contribution in [2.75, 3.05) is 19.6 Å². The first-order valence-corrected chi connectivity index (χ1v) is 11.6. The van der Waals surface area contributed by atoms with Crippen molar-refractivity contribution in [2.45, 2.75) is 46.0 Å². The first-order valence-electron chi connectivity index (χ1n) is 10.8. The Morgan fingerprint density at radius 1 is 1.10 bits per heavy atom. The molecule has 1 atom stereocenters. The number of halogens is 2. The van der Waals surface area contributed by atoms with Crippen molar-refractivity contribution >= 4 is 29.1 Å². The Hall–Kier alpha value is -1.55. The summed E-state index contributed by atoms with van der Waals surface area (Å²) in [4.78, 5) is 14.5. The molecule has 30 heavy (non-hydrogen) atoms. The van der Waals surface area contributed by atoms with E-state index in [0.29, 0.717) is 33.4 Å². The molecule has 1 aliphatic heterocycles. The van der Waals surface area contributed by atoms with Gasteiger partial charge in [-0.1, -0.05) is 60.8 Å². The minimum Gasteiger partial charge on any atom is -0.366 e. The van der Waals surface area contributed by atoms with Gasteiger partial charge < -0.3 is 10.6 Å². The smallest absolute Gasteiger partial charge is 0.248 e. The number of carbonyl (C=O) groups excluding carboxylic acids is 1. The van der Waals surface area contributed by atoms with Crippen LogP contribution in [0.15, 0.2) is 36.4 Å². The maximum atomic E-state index is 12.0. The van der Waals surface area contributed by atoms with E-state index in [1.165, 1.54) is 24.0 Å². The summed E-state index contributed by atoms with van der Waals surface area (Å²) >= 11 is 12.2. The highest BCUT2D eigenvalue weighted by molar-refractivity contribution is 6.42. The lowest BCUT2D eigenvalue weighted by Gasteiger charge is -2.36. The van der Waals surface area contributed by atoms with Gasteiger partial charge in [-0.15, -0.1) is 0 Å². The van der Waals surface area contributed by atoms with Crippen LogP contribution in [0.1, 0.15) is 59.7 Å². The second-order valence-electron chi connectivity index (χ2n) is 9.00. The molecule has 1 saturated heterocycles. The quantitative estimate of drug-likeness (QED) is 0.558. The van der Waals surface area contributed by atoms with Gasteiger partial charge in [-0.05, 0) is 86.4 Å². The van der Waals surface area contributed by atoms with Crippen molar-refractivity contribution in [2.24, 2.45) is 17.6 Å². The lowest BCUT2D eigenvalue weighted by Crippen LogP contribution is -2.38. The van der Waals surface area contributed by atoms with Crippen molar-refractivity contribution in [1.29, 1.82) is 0 Å². The zero-order valence-electron chi connectivity index (χ0n) is 18.1. The Bertz CT molecular complexity index is 889. The number of primary amides is 1. The van der Waals surface area contributed by atoms with E-state index in [1.54, 1.807) is 0 Å². The standard InChI is InChI=1S/C25H32Cl2N2O/c1-16(2)22(21-12-17(3)4-6-20(21)25(28)30)15-29-10-8-18(9-11-29)13-19-5-7-23(26)24(27)14-19/h4-7,12,14,16,18,22H,8-11,13,15H2,1-3H3,(H2,28,30)/t22-/m0/s1. The van der Waals surface area contributed by atoms with E-state index in [1.807, 2.05) is 24.3 Å². The van der Waals surface area contributed by atoms with E-state index in [-0.39, 0.29) is 5.91 Å². The van der Waals surface area contributed by atoms with Crippen molar-refractivity contribution in [1.82, 2.24) is 4.90 Å². The van der Waals surface area contributed by atoms with Crippen LogP contribution in [0.3, 0.4) is 0 Å². The van der Waals surface area contributed by atoms with Crippen LogP contribution in [-0.4, -0.2) is 30.4 Å². The van der Waals surface area contributed by atoms with Crippen LogP contribution in [0, 0.1) is 18.8 Å². The van der Waals surface area contributed by atoms with E-state index in [4.69, 9.17) is 28.9 Å². The maximum absolute atomic E-state index is 12.0. The Morgan fingerprint density at radius 2 is 1.80 bits per heavy atom. The summed E-state index contributed by atoms with van der Waals surface area (Å²) in [5.74, 6) is 1.05. The number of aryl methyl sites for hydroxylation is 1. The molecule has 0 bridgehead atoms. The third kappa shape index (κ3) is 5.78. The molecule has 1 fully saturated rings. The van der Waals surface area contributed by atoms with Crippen molar-refractivity contribution in [3.63, 3.8) is 0 Å². The topological polar surface area (TPSA) is 46.3 Å². The van der Waals surface area contributed by atoms with Gasteiger partial charge in [0, 0.05) is 12.1 Å². The normalized spacial score (nSPS) is 16.7. The van der Waals surface area contributed by atoms with Gasteiger partial charge >= 0.3 is 0 Å². The van der Waals surface area contributed by atoms with Crippen LogP contribution in [0.4, 0.5) is 0 Å². The van der Waals surface area contributed by atoms with Crippen molar-refractivity contribution in [3.05, 3.63) is 68.7 Å². The van der Waals surface area contributed by atoms with Gasteiger partial charge in [-0.25, -0.2) is 0 Å². The van der Waals surface area contributed by atoms with Gasteiger partial charge in [0.25, 0.3) is 0 Å². The summed E-state index contributed by atoms with van der Waals surface area (Å²) in [6.45, 7) is 9.64. The largest absolute Gasteiger partial charge is 0.366 e. The molecule has 0 spiro atoms. The summed E-state index contributed by atoms with van der Waals surface area (Å²) in [5.41, 5.74) is 9.86. The number of rotatable bonds is 7. The van der Waals surface area contributed by atoms with Crippen LogP contribution in [0.5, 0.6) is 0 Å². The molecule has 1 heterocycles. The van der Waals surface area contributed by atoms with Gasteiger partial charge in [0.15, 0.2) is 0 Å². The molecule has 162 valence electrons. The fourth-order valence-corrected chi connectivity index (χ4v) is 4.85. The number of carbonyl (C=O) groups is 1. The fourth-order valence-electron chi connectivity index (χ4n) is 4.53. The highest BCUT2D eigenvalue weighted by atomic mass is 35.5. The summed E-state index contributed by atoms with van der Waals surface area (Å²) in [6.07, 6.45) is 3.38. The Kier molecular flexibility index (Phi) is 7.84. The average Bonchev–Trinajstić information content (AvgIpc) is 2.69. The molecule has 0 saturated carbocycles. The molecular formula is C25H32Cl2N2O. The summed E-state index contributed by atoms with van der Waals surface area (Å²) < 4.78 is 0. The summed E-state index contributed by atoms with van der Waals surface area (Å²) in [5, 5.41) is 1.25. The van der Waals surface area contributed by atoms with Crippen molar-refractivity contribution in [3.8, 4) is 0 Å². The predicted octanol–water partition coefficient (Wildman–Crippen LogP) is 6.10. The SMILES string of the molecule is Cc1ccc(C(N)=O)c([C@@H](CN2CCC(Cc3ccc(Cl)c(Cl)c3)CC2)C(C)C)c1. The first-order chi connectivity index (χ1) is 14.2. The van der Waals surface area contributed by atoms with Crippen molar-refractivity contribution < 1.29 is 4.79 Å². The molecule has 2 aromatic carbocycles. The highest BCUT2D eigenvalue weighted by Crippen LogP contribution is 2.32. The summed E-state index contributed by atoms with van der Waals surface area (Å²) in [6, 6.07) is 12.0. The average molecular weight is 447 g/mol. The van der Waals surface area contributed by atoms with Gasteiger partial charge in [0.1, 0.15) is 0 Å². The Morgan fingerprint density at radius 3 is 2.40 bits per heavy atom. The lowest BCUT2D eigenvalue weighted by molar-refractivity contribution is 0.0997. The van der Waals surface area contributed by atoms with E-state index in [9.17, 15) is 4.79 Å². The molecule has 5 heteroatoms. The molecule has 3 rings (SSSR count). The number of likely N-dealkylation sites (tertiary alicyclic amines) is 1. The van der Waals surface area contributed by atoms with E-state index in [2.05, 4.69) is 37.8 Å². The molecule has 3 nitrogen and oxygen atoms in total. The van der Waals surface area contributed by atoms with Crippen LogP contribution < -0.4 is 5.73 Å². The lowest BCUT2D eigenvalue weighted by atomic mass is 9.83. The predicted molar refractivity (Wildman–Crippen MR) is 127 cm³/mol. The molecule has 2 N–H and O–H groups in total.